The Labute approximate surface area is 166 Å². The Balaban J connectivity index is 2.14. The van der Waals surface area contributed by atoms with Crippen LogP contribution in [0, 0.1) is 5.82 Å². The van der Waals surface area contributed by atoms with Crippen LogP contribution in [0.1, 0.15) is 19.4 Å². The van der Waals surface area contributed by atoms with E-state index in [4.69, 9.17) is 4.74 Å². The van der Waals surface area contributed by atoms with Crippen molar-refractivity contribution in [3.05, 3.63) is 64.4 Å². The van der Waals surface area contributed by atoms with Gasteiger partial charge in [-0.2, -0.15) is 0 Å². The van der Waals surface area contributed by atoms with Gasteiger partial charge in [0.2, 0.25) is 5.91 Å². The molecule has 27 heavy (non-hydrogen) atoms. The van der Waals surface area contributed by atoms with Gasteiger partial charge in [0.25, 0.3) is 5.91 Å². The topological polar surface area (TPSA) is 58.6 Å². The minimum atomic E-state index is -0.759. The normalized spacial score (nSPS) is 11.6. The monoisotopic (exact) mass is 436 g/mol. The molecule has 0 spiro atoms. The van der Waals surface area contributed by atoms with Crippen LogP contribution in [-0.2, 0) is 16.1 Å². The molecule has 0 aromatic heterocycles. The molecule has 2 aromatic carbocycles. The molecule has 144 valence electrons. The first-order valence-electron chi connectivity index (χ1n) is 8.61. The van der Waals surface area contributed by atoms with Gasteiger partial charge in [-0.1, -0.05) is 34.1 Å². The maximum Gasteiger partial charge on any atom is 0.261 e. The van der Waals surface area contributed by atoms with E-state index >= 15 is 0 Å². The van der Waals surface area contributed by atoms with Gasteiger partial charge in [0.1, 0.15) is 17.6 Å². The summed E-state index contributed by atoms with van der Waals surface area (Å²) in [4.78, 5) is 26.3. The summed E-state index contributed by atoms with van der Waals surface area (Å²) < 4.78 is 20.5. The van der Waals surface area contributed by atoms with E-state index in [1.165, 1.54) is 11.0 Å². The molecule has 1 atom stereocenters. The number of hydrogen-bond acceptors (Lipinski definition) is 3. The highest BCUT2D eigenvalue weighted by Crippen LogP contribution is 2.17. The van der Waals surface area contributed by atoms with E-state index in [1.54, 1.807) is 56.3 Å². The summed E-state index contributed by atoms with van der Waals surface area (Å²) >= 11 is 3.33. The van der Waals surface area contributed by atoms with Gasteiger partial charge in [-0.15, -0.1) is 0 Å². The second kappa shape index (κ2) is 10.1. The Morgan fingerprint density at radius 2 is 1.85 bits per heavy atom. The number of nitrogens with one attached hydrogen (secondary N) is 1. The van der Waals surface area contributed by atoms with Gasteiger partial charge in [-0.3, -0.25) is 9.59 Å². The van der Waals surface area contributed by atoms with Crippen LogP contribution in [0.4, 0.5) is 4.39 Å². The molecule has 0 aliphatic heterocycles. The highest BCUT2D eigenvalue weighted by molar-refractivity contribution is 9.10. The fraction of sp³-hybridized carbons (Fsp3) is 0.300. The third kappa shape index (κ3) is 6.06. The lowest BCUT2D eigenvalue weighted by Crippen LogP contribution is -2.49. The Kier molecular flexibility index (Phi) is 7.79. The van der Waals surface area contributed by atoms with Crippen LogP contribution in [0.15, 0.2) is 53.0 Å². The predicted octanol–water partition coefficient (Wildman–Crippen LogP) is 3.52. The predicted molar refractivity (Wildman–Crippen MR) is 105 cm³/mol. The zero-order chi connectivity index (χ0) is 19.8. The zero-order valence-corrected chi connectivity index (χ0v) is 16.8. The highest BCUT2D eigenvalue weighted by Gasteiger charge is 2.26. The fourth-order valence-corrected chi connectivity index (χ4v) is 2.74. The lowest BCUT2D eigenvalue weighted by atomic mass is 10.1. The van der Waals surface area contributed by atoms with Gasteiger partial charge in [0, 0.05) is 23.1 Å². The van der Waals surface area contributed by atoms with E-state index in [0.29, 0.717) is 17.9 Å². The number of halogens is 2. The van der Waals surface area contributed by atoms with Crippen molar-refractivity contribution >= 4 is 27.7 Å². The second-order valence-corrected chi connectivity index (χ2v) is 6.84. The number of carbonyl (C=O) groups is 2. The lowest BCUT2D eigenvalue weighted by molar-refractivity contribution is -0.142. The molecule has 0 heterocycles. The minimum absolute atomic E-state index is 0.0203. The van der Waals surface area contributed by atoms with Crippen molar-refractivity contribution in [2.45, 2.75) is 26.4 Å². The van der Waals surface area contributed by atoms with Crippen molar-refractivity contribution < 1.29 is 18.7 Å². The van der Waals surface area contributed by atoms with Crippen molar-refractivity contribution in [3.8, 4) is 5.75 Å². The summed E-state index contributed by atoms with van der Waals surface area (Å²) in [6.07, 6.45) is 0. The molecule has 0 aliphatic rings. The molecule has 2 rings (SSSR count). The standard InChI is InChI=1S/C20H22BrFN2O3/c1-3-23-20(26)14(2)24(12-15-6-4-5-7-18(15)22)19(25)13-27-17-10-8-16(21)9-11-17/h4-11,14H,3,12-13H2,1-2H3,(H,23,26). The quantitative estimate of drug-likeness (QED) is 0.688. The zero-order valence-electron chi connectivity index (χ0n) is 15.2. The van der Waals surface area contributed by atoms with Crippen LogP contribution in [0.2, 0.25) is 0 Å². The molecule has 0 fully saturated rings. The van der Waals surface area contributed by atoms with Crippen LogP contribution in [0.5, 0.6) is 5.75 Å². The van der Waals surface area contributed by atoms with Gasteiger partial charge < -0.3 is 15.0 Å². The third-order valence-corrected chi connectivity index (χ3v) is 4.52. The Morgan fingerprint density at radius 3 is 2.48 bits per heavy atom. The molecule has 0 aliphatic carbocycles. The van der Waals surface area contributed by atoms with E-state index in [2.05, 4.69) is 21.2 Å². The molecule has 2 amide bonds. The SMILES string of the molecule is CCNC(=O)C(C)N(Cc1ccccc1F)C(=O)COc1ccc(Br)cc1. The molecular formula is C20H22BrFN2O3. The number of likely N-dealkylation sites (N-methyl/N-ethyl adjacent to an activating group) is 1. The molecule has 0 radical (unpaired) electrons. The van der Waals surface area contributed by atoms with Gasteiger partial charge in [0.05, 0.1) is 0 Å². The van der Waals surface area contributed by atoms with Gasteiger partial charge >= 0.3 is 0 Å². The van der Waals surface area contributed by atoms with E-state index in [9.17, 15) is 14.0 Å². The molecule has 0 saturated carbocycles. The first-order chi connectivity index (χ1) is 12.9. The average Bonchev–Trinajstić information content (AvgIpc) is 2.66. The maximum absolute atomic E-state index is 14.0. The smallest absolute Gasteiger partial charge is 0.261 e. The number of carbonyl (C=O) groups excluding carboxylic acids is 2. The Hall–Kier alpha value is -2.41. The lowest BCUT2D eigenvalue weighted by Gasteiger charge is -2.28. The van der Waals surface area contributed by atoms with E-state index in [1.807, 2.05) is 0 Å². The summed E-state index contributed by atoms with van der Waals surface area (Å²) in [6, 6.07) is 12.5. The molecule has 0 bridgehead atoms. The van der Waals surface area contributed by atoms with E-state index in [0.717, 1.165) is 4.47 Å². The molecule has 1 unspecified atom stereocenters. The van der Waals surface area contributed by atoms with E-state index in [-0.39, 0.29) is 19.1 Å². The van der Waals surface area contributed by atoms with Gasteiger partial charge in [0.15, 0.2) is 6.61 Å². The van der Waals surface area contributed by atoms with Crippen molar-refractivity contribution in [1.29, 1.82) is 0 Å². The van der Waals surface area contributed by atoms with Crippen LogP contribution < -0.4 is 10.1 Å². The number of rotatable bonds is 8. The first-order valence-corrected chi connectivity index (χ1v) is 9.40. The summed E-state index contributed by atoms with van der Waals surface area (Å²) in [5.41, 5.74) is 0.339. The summed E-state index contributed by atoms with van der Waals surface area (Å²) in [7, 11) is 0. The summed E-state index contributed by atoms with van der Waals surface area (Å²) in [6.45, 7) is 3.58. The van der Waals surface area contributed by atoms with Crippen LogP contribution in [0.25, 0.3) is 0 Å². The second-order valence-electron chi connectivity index (χ2n) is 5.93. The van der Waals surface area contributed by atoms with Crippen LogP contribution in [0.3, 0.4) is 0 Å². The van der Waals surface area contributed by atoms with Crippen molar-refractivity contribution in [2.75, 3.05) is 13.2 Å². The molecule has 1 N–H and O–H groups in total. The summed E-state index contributed by atoms with van der Waals surface area (Å²) in [5, 5.41) is 2.69. The minimum Gasteiger partial charge on any atom is -0.484 e. The largest absolute Gasteiger partial charge is 0.484 e. The van der Waals surface area contributed by atoms with Gasteiger partial charge in [-0.05, 0) is 44.2 Å². The van der Waals surface area contributed by atoms with Crippen molar-refractivity contribution in [3.63, 3.8) is 0 Å². The van der Waals surface area contributed by atoms with Crippen LogP contribution in [-0.4, -0.2) is 35.9 Å². The Bertz CT molecular complexity index is 783. The highest BCUT2D eigenvalue weighted by atomic mass is 79.9. The molecule has 7 heteroatoms. The fourth-order valence-electron chi connectivity index (χ4n) is 2.47. The number of nitrogens with zero attached hydrogens (tertiary/aromatic N) is 1. The number of ether oxygens (including phenoxy) is 1. The van der Waals surface area contributed by atoms with E-state index < -0.39 is 17.8 Å². The summed E-state index contributed by atoms with van der Waals surface area (Å²) in [5.74, 6) is -0.596. The van der Waals surface area contributed by atoms with Crippen molar-refractivity contribution in [2.24, 2.45) is 0 Å². The molecule has 0 saturated heterocycles. The van der Waals surface area contributed by atoms with Crippen LogP contribution >= 0.6 is 15.9 Å². The average molecular weight is 437 g/mol. The number of amides is 2. The van der Waals surface area contributed by atoms with Crippen molar-refractivity contribution in [1.82, 2.24) is 10.2 Å². The number of hydrogen-bond donors (Lipinski definition) is 1. The number of benzene rings is 2. The first kappa shape index (κ1) is 20.9. The van der Waals surface area contributed by atoms with Gasteiger partial charge in [-0.25, -0.2) is 4.39 Å². The third-order valence-electron chi connectivity index (χ3n) is 3.99. The maximum atomic E-state index is 14.0. The Morgan fingerprint density at radius 1 is 1.19 bits per heavy atom. The molecule has 2 aromatic rings. The molecule has 5 nitrogen and oxygen atoms in total. The molecular weight excluding hydrogens is 415 g/mol.